The van der Waals surface area contributed by atoms with Crippen LogP contribution in [0.3, 0.4) is 0 Å². The predicted octanol–water partition coefficient (Wildman–Crippen LogP) is 2.50. The first kappa shape index (κ1) is 13.7. The molecule has 3 rings (SSSR count). The van der Waals surface area contributed by atoms with Gasteiger partial charge in [-0.15, -0.1) is 0 Å². The van der Waals surface area contributed by atoms with Gasteiger partial charge in [0.05, 0.1) is 0 Å². The van der Waals surface area contributed by atoms with Crippen molar-refractivity contribution in [3.05, 3.63) is 53.8 Å². The van der Waals surface area contributed by atoms with Crippen LogP contribution in [0.1, 0.15) is 5.56 Å². The first-order valence-electron chi connectivity index (χ1n) is 6.75. The maximum atomic E-state index is 12.8. The molecule has 21 heavy (non-hydrogen) atoms. The number of hydrogen-bond donors (Lipinski definition) is 1. The Kier molecular flexibility index (Phi) is 3.92. The summed E-state index contributed by atoms with van der Waals surface area (Å²) < 4.78 is 29.8. The van der Waals surface area contributed by atoms with E-state index in [-0.39, 0.29) is 11.9 Å². The van der Waals surface area contributed by atoms with Crippen LogP contribution in [0.15, 0.2) is 42.5 Å². The van der Waals surface area contributed by atoms with Crippen molar-refractivity contribution in [2.24, 2.45) is 5.73 Å². The fourth-order valence-corrected chi connectivity index (χ4v) is 2.05. The summed E-state index contributed by atoms with van der Waals surface area (Å²) in [5.41, 5.74) is 6.47. The topological polar surface area (TPSA) is 53.7 Å². The molecule has 0 radical (unpaired) electrons. The van der Waals surface area contributed by atoms with Crippen molar-refractivity contribution in [1.82, 2.24) is 0 Å². The molecular formula is C16H16FNO3. The second-order valence-electron chi connectivity index (χ2n) is 4.81. The van der Waals surface area contributed by atoms with Gasteiger partial charge >= 0.3 is 0 Å². The van der Waals surface area contributed by atoms with Crippen LogP contribution in [0.5, 0.6) is 17.2 Å². The van der Waals surface area contributed by atoms with Gasteiger partial charge in [0.2, 0.25) is 0 Å². The standard InChI is InChI=1S/C16H16FNO3/c17-12-3-1-11(2-4-12)9-19-13-5-6-15-16(7-13)21-14(8-18)10-20-15/h1-7,14H,8-10,18H2/t14-/m1/s1. The van der Waals surface area contributed by atoms with E-state index in [0.29, 0.717) is 37.0 Å². The molecule has 1 heterocycles. The first-order valence-corrected chi connectivity index (χ1v) is 6.75. The third-order valence-electron chi connectivity index (χ3n) is 3.22. The van der Waals surface area contributed by atoms with Crippen molar-refractivity contribution in [3.63, 3.8) is 0 Å². The number of benzene rings is 2. The maximum absolute atomic E-state index is 12.8. The average Bonchev–Trinajstić information content (AvgIpc) is 2.53. The van der Waals surface area contributed by atoms with Gasteiger partial charge in [0.15, 0.2) is 11.5 Å². The molecule has 1 aliphatic heterocycles. The molecule has 2 N–H and O–H groups in total. The number of halogens is 1. The molecule has 1 atom stereocenters. The van der Waals surface area contributed by atoms with Crippen LogP contribution in [0.4, 0.5) is 4.39 Å². The lowest BCUT2D eigenvalue weighted by Gasteiger charge is -2.25. The summed E-state index contributed by atoms with van der Waals surface area (Å²) in [4.78, 5) is 0. The van der Waals surface area contributed by atoms with Gasteiger partial charge in [0, 0.05) is 12.6 Å². The van der Waals surface area contributed by atoms with Gasteiger partial charge in [-0.2, -0.15) is 0 Å². The normalized spacial score (nSPS) is 16.6. The first-order chi connectivity index (χ1) is 10.2. The van der Waals surface area contributed by atoms with Crippen LogP contribution < -0.4 is 19.9 Å². The highest BCUT2D eigenvalue weighted by Crippen LogP contribution is 2.35. The van der Waals surface area contributed by atoms with Crippen molar-refractivity contribution in [2.75, 3.05) is 13.2 Å². The van der Waals surface area contributed by atoms with Gasteiger partial charge in [0.25, 0.3) is 0 Å². The van der Waals surface area contributed by atoms with Crippen molar-refractivity contribution in [1.29, 1.82) is 0 Å². The highest BCUT2D eigenvalue weighted by atomic mass is 19.1. The van der Waals surface area contributed by atoms with Crippen LogP contribution in [0.2, 0.25) is 0 Å². The highest BCUT2D eigenvalue weighted by Gasteiger charge is 2.20. The molecule has 2 aromatic carbocycles. The molecular weight excluding hydrogens is 273 g/mol. The van der Waals surface area contributed by atoms with Crippen LogP contribution >= 0.6 is 0 Å². The van der Waals surface area contributed by atoms with Crippen LogP contribution in [0, 0.1) is 5.82 Å². The van der Waals surface area contributed by atoms with Crippen LogP contribution in [-0.2, 0) is 6.61 Å². The Labute approximate surface area is 122 Å². The molecule has 0 unspecified atom stereocenters. The largest absolute Gasteiger partial charge is 0.489 e. The average molecular weight is 289 g/mol. The Morgan fingerprint density at radius 2 is 1.95 bits per heavy atom. The lowest BCUT2D eigenvalue weighted by atomic mass is 10.2. The molecule has 0 saturated carbocycles. The molecule has 0 saturated heterocycles. The maximum Gasteiger partial charge on any atom is 0.165 e. The molecule has 4 nitrogen and oxygen atoms in total. The quantitative estimate of drug-likeness (QED) is 0.939. The Morgan fingerprint density at radius 3 is 2.71 bits per heavy atom. The second kappa shape index (κ2) is 6.01. The zero-order valence-electron chi connectivity index (χ0n) is 11.4. The summed E-state index contributed by atoms with van der Waals surface area (Å²) in [6.07, 6.45) is -0.134. The molecule has 5 heteroatoms. The minimum absolute atomic E-state index is 0.134. The minimum Gasteiger partial charge on any atom is -0.489 e. The molecule has 0 aliphatic carbocycles. The summed E-state index contributed by atoms with van der Waals surface area (Å²) in [5.74, 6) is 1.73. The fourth-order valence-electron chi connectivity index (χ4n) is 2.05. The number of nitrogens with two attached hydrogens (primary N) is 1. The van der Waals surface area contributed by atoms with Gasteiger partial charge in [-0.05, 0) is 29.8 Å². The molecule has 110 valence electrons. The number of rotatable bonds is 4. The Morgan fingerprint density at radius 1 is 1.14 bits per heavy atom. The van der Waals surface area contributed by atoms with Crippen LogP contribution in [-0.4, -0.2) is 19.3 Å². The minimum atomic E-state index is -0.258. The summed E-state index contributed by atoms with van der Waals surface area (Å²) in [6, 6.07) is 11.6. The van der Waals surface area contributed by atoms with Gasteiger partial charge in [-0.25, -0.2) is 4.39 Å². The number of hydrogen-bond acceptors (Lipinski definition) is 4. The molecule has 2 aromatic rings. The lowest BCUT2D eigenvalue weighted by molar-refractivity contribution is 0.0962. The SMILES string of the molecule is NC[C@@H]1COc2ccc(OCc3ccc(F)cc3)cc2O1. The van der Waals surface area contributed by atoms with Crippen molar-refractivity contribution < 1.29 is 18.6 Å². The zero-order valence-corrected chi connectivity index (χ0v) is 11.4. The molecule has 1 aliphatic rings. The fraction of sp³-hybridized carbons (Fsp3) is 0.250. The van der Waals surface area contributed by atoms with E-state index in [1.807, 2.05) is 12.1 Å². The molecule has 0 amide bonds. The summed E-state index contributed by atoms with van der Waals surface area (Å²) in [5, 5.41) is 0. The molecule has 0 bridgehead atoms. The Balaban J connectivity index is 1.67. The monoisotopic (exact) mass is 289 g/mol. The van der Waals surface area contributed by atoms with Crippen molar-refractivity contribution >= 4 is 0 Å². The third-order valence-corrected chi connectivity index (χ3v) is 3.22. The van der Waals surface area contributed by atoms with Crippen LogP contribution in [0.25, 0.3) is 0 Å². The third kappa shape index (κ3) is 3.25. The van der Waals surface area contributed by atoms with Gasteiger partial charge in [-0.3, -0.25) is 0 Å². The highest BCUT2D eigenvalue weighted by molar-refractivity contribution is 5.46. The van der Waals surface area contributed by atoms with Gasteiger partial charge in [0.1, 0.15) is 30.9 Å². The van der Waals surface area contributed by atoms with E-state index in [9.17, 15) is 4.39 Å². The van der Waals surface area contributed by atoms with E-state index >= 15 is 0 Å². The number of fused-ring (bicyclic) bond motifs is 1. The smallest absolute Gasteiger partial charge is 0.165 e. The second-order valence-corrected chi connectivity index (χ2v) is 4.81. The van der Waals surface area contributed by atoms with Gasteiger partial charge < -0.3 is 19.9 Å². The zero-order chi connectivity index (χ0) is 14.7. The Bertz CT molecular complexity index is 615. The molecule has 0 fully saturated rings. The van der Waals surface area contributed by atoms with E-state index in [1.165, 1.54) is 12.1 Å². The van der Waals surface area contributed by atoms with Crippen molar-refractivity contribution in [3.8, 4) is 17.2 Å². The summed E-state index contributed by atoms with van der Waals surface area (Å²) in [7, 11) is 0. The predicted molar refractivity (Wildman–Crippen MR) is 76.1 cm³/mol. The Hall–Kier alpha value is -2.27. The summed E-state index contributed by atoms with van der Waals surface area (Å²) in [6.45, 7) is 1.22. The van der Waals surface area contributed by atoms with E-state index in [0.717, 1.165) is 5.56 Å². The van der Waals surface area contributed by atoms with Gasteiger partial charge in [-0.1, -0.05) is 12.1 Å². The number of ether oxygens (including phenoxy) is 3. The molecule has 0 aromatic heterocycles. The lowest BCUT2D eigenvalue weighted by Crippen LogP contribution is -2.35. The summed E-state index contributed by atoms with van der Waals surface area (Å²) >= 11 is 0. The van der Waals surface area contributed by atoms with E-state index in [4.69, 9.17) is 19.9 Å². The van der Waals surface area contributed by atoms with Crippen molar-refractivity contribution in [2.45, 2.75) is 12.7 Å². The van der Waals surface area contributed by atoms with E-state index in [1.54, 1.807) is 18.2 Å². The molecule has 0 spiro atoms. The van der Waals surface area contributed by atoms with E-state index in [2.05, 4.69) is 0 Å². The van der Waals surface area contributed by atoms with E-state index < -0.39 is 0 Å².